The van der Waals surface area contributed by atoms with E-state index in [0.29, 0.717) is 17.4 Å². The maximum Gasteiger partial charge on any atom is 0.361 e. The van der Waals surface area contributed by atoms with Gasteiger partial charge >= 0.3 is 17.9 Å². The minimum Gasteiger partial charge on any atom is -0.477 e. The molecule has 2 unspecified atom stereocenters. The van der Waals surface area contributed by atoms with Crippen molar-refractivity contribution in [3.05, 3.63) is 12.2 Å². The number of unbranched alkanes of at least 4 members (excludes halogenated alkanes) is 42. The topological polar surface area (TPSA) is 108 Å². The van der Waals surface area contributed by atoms with Gasteiger partial charge in [-0.25, -0.2) is 4.79 Å². The molecule has 0 aromatic heterocycles. The number of carboxylic acid groups (broad SMARTS) is 1. The average Bonchev–Trinajstić information content (AvgIpc) is 3.35. The maximum absolute atomic E-state index is 12.9. The van der Waals surface area contributed by atoms with E-state index in [0.717, 1.165) is 38.5 Å². The summed E-state index contributed by atoms with van der Waals surface area (Å²) >= 11 is 0. The van der Waals surface area contributed by atoms with Crippen molar-refractivity contribution >= 4 is 17.9 Å². The number of aliphatic carboxylic acids is 1. The van der Waals surface area contributed by atoms with Crippen LogP contribution in [0.2, 0.25) is 0 Å². The van der Waals surface area contributed by atoms with Crippen LogP contribution in [0.25, 0.3) is 0 Å². The fourth-order valence-corrected chi connectivity index (χ4v) is 9.42. The summed E-state index contributed by atoms with van der Waals surface area (Å²) in [5, 5.41) is 9.70. The zero-order valence-electron chi connectivity index (χ0n) is 48.6. The minimum atomic E-state index is -1.50. The lowest BCUT2D eigenvalue weighted by molar-refractivity contribution is -0.870. The number of rotatable bonds is 59. The van der Waals surface area contributed by atoms with E-state index in [-0.39, 0.29) is 38.2 Å². The molecule has 2 atom stereocenters. The Balaban J connectivity index is 4.01. The fraction of sp³-hybridized carbons (Fsp3) is 0.921. The first kappa shape index (κ1) is 70.0. The molecule has 9 heteroatoms. The van der Waals surface area contributed by atoms with Gasteiger partial charge in [-0.05, 0) is 38.5 Å². The zero-order chi connectivity index (χ0) is 52.7. The number of carbonyl (C=O) groups excluding carboxylic acids is 2. The first-order valence-corrected chi connectivity index (χ1v) is 31.4. The summed E-state index contributed by atoms with van der Waals surface area (Å²) in [6.45, 7) is 4.93. The molecule has 426 valence electrons. The summed E-state index contributed by atoms with van der Waals surface area (Å²) in [5.74, 6) is -1.98. The van der Waals surface area contributed by atoms with E-state index in [2.05, 4.69) is 26.0 Å². The molecular weight excluding hydrogens is 899 g/mol. The number of ether oxygens (including phenoxy) is 4. The molecule has 0 fully saturated rings. The molecule has 0 radical (unpaired) electrons. The molecule has 1 N–H and O–H groups in total. The maximum atomic E-state index is 12.9. The second-order valence-corrected chi connectivity index (χ2v) is 22.7. The van der Waals surface area contributed by atoms with E-state index in [9.17, 15) is 19.5 Å². The predicted molar refractivity (Wildman–Crippen MR) is 305 cm³/mol. The van der Waals surface area contributed by atoms with Crippen LogP contribution in [0.15, 0.2) is 12.2 Å². The third-order valence-electron chi connectivity index (χ3n) is 14.3. The Morgan fingerprint density at radius 3 is 1.03 bits per heavy atom. The van der Waals surface area contributed by atoms with E-state index in [1.807, 2.05) is 21.1 Å². The van der Waals surface area contributed by atoms with Gasteiger partial charge in [-0.2, -0.15) is 0 Å². The Morgan fingerprint density at radius 1 is 0.403 bits per heavy atom. The number of quaternary nitrogens is 1. The number of allylic oxidation sites excluding steroid dienone is 2. The quantitative estimate of drug-likeness (QED) is 0.0211. The number of hydrogen-bond acceptors (Lipinski definition) is 7. The number of carboxylic acids is 1. The Kier molecular flexibility index (Phi) is 53.8. The lowest BCUT2D eigenvalue weighted by Gasteiger charge is -2.25. The van der Waals surface area contributed by atoms with Crippen molar-refractivity contribution in [3.8, 4) is 0 Å². The second kappa shape index (κ2) is 55.3. The van der Waals surface area contributed by atoms with E-state index >= 15 is 0 Å². The lowest BCUT2D eigenvalue weighted by Crippen LogP contribution is -2.40. The van der Waals surface area contributed by atoms with Gasteiger partial charge in [0, 0.05) is 12.8 Å². The van der Waals surface area contributed by atoms with Gasteiger partial charge in [0.15, 0.2) is 6.10 Å². The van der Waals surface area contributed by atoms with Crippen molar-refractivity contribution < 1.29 is 42.9 Å². The monoisotopic (exact) mass is 1020 g/mol. The summed E-state index contributed by atoms with van der Waals surface area (Å²) in [5.41, 5.74) is 0. The highest BCUT2D eigenvalue weighted by atomic mass is 16.7. The van der Waals surface area contributed by atoms with Crippen molar-refractivity contribution in [3.63, 3.8) is 0 Å². The third kappa shape index (κ3) is 55.8. The molecule has 0 saturated carbocycles. The SMILES string of the molecule is CCCCCCCCCC/C=C\CCCCCCCCCCCCCCCCCCCCCCCC(=O)OC(COC(=O)CCCCCCCCCCCCCCCC)COC(OCC[N+](C)(C)C)C(=O)O. The largest absolute Gasteiger partial charge is 0.477 e. The van der Waals surface area contributed by atoms with Crippen LogP contribution in [0.4, 0.5) is 0 Å². The number of nitrogens with zero attached hydrogens (tertiary/aromatic N) is 1. The normalized spacial score (nSPS) is 12.7. The van der Waals surface area contributed by atoms with Crippen molar-refractivity contribution in [1.82, 2.24) is 0 Å². The molecule has 0 amide bonds. The van der Waals surface area contributed by atoms with Gasteiger partial charge in [0.1, 0.15) is 13.2 Å². The van der Waals surface area contributed by atoms with Crippen LogP contribution in [-0.2, 0) is 33.3 Å². The standard InChI is InChI=1S/C63H121NO8/c1-6-8-10-12-14-16-18-20-22-23-24-25-26-27-28-29-30-31-32-33-34-35-36-37-38-39-40-42-44-46-48-50-52-54-61(66)72-59(58-71-63(62(67)68)69-56-55-64(3,4)5)57-70-60(65)53-51-49-47-45-43-41-21-19-17-15-13-11-9-7-2/h23-24,59,63H,6-22,25-58H2,1-5H3/p+1/b24-23-. The molecule has 0 aromatic carbocycles. The van der Waals surface area contributed by atoms with Crippen molar-refractivity contribution in [2.24, 2.45) is 0 Å². The predicted octanol–water partition coefficient (Wildman–Crippen LogP) is 18.5. The Hall–Kier alpha value is -1.97. The van der Waals surface area contributed by atoms with Gasteiger partial charge in [0.25, 0.3) is 6.29 Å². The Bertz CT molecular complexity index is 1190. The van der Waals surface area contributed by atoms with E-state index < -0.39 is 18.4 Å². The van der Waals surface area contributed by atoms with E-state index in [1.165, 1.54) is 250 Å². The average molecular weight is 1020 g/mol. The van der Waals surface area contributed by atoms with Crippen molar-refractivity contribution in [1.29, 1.82) is 0 Å². The van der Waals surface area contributed by atoms with Gasteiger partial charge in [0.2, 0.25) is 0 Å². The number of hydrogen-bond donors (Lipinski definition) is 1. The van der Waals surface area contributed by atoms with Crippen LogP contribution in [0.5, 0.6) is 0 Å². The molecule has 0 heterocycles. The summed E-state index contributed by atoms with van der Waals surface area (Å²) in [7, 11) is 5.98. The van der Waals surface area contributed by atoms with Crippen molar-refractivity contribution in [2.45, 2.75) is 328 Å². The van der Waals surface area contributed by atoms with Gasteiger partial charge in [-0.15, -0.1) is 0 Å². The van der Waals surface area contributed by atoms with E-state index in [1.54, 1.807) is 0 Å². The molecule has 0 aliphatic rings. The number of esters is 2. The summed E-state index contributed by atoms with van der Waals surface area (Å²) in [6.07, 6.45) is 61.7. The minimum absolute atomic E-state index is 0.174. The smallest absolute Gasteiger partial charge is 0.361 e. The molecule has 0 aromatic rings. The van der Waals surface area contributed by atoms with Crippen LogP contribution in [-0.4, -0.2) is 87.4 Å². The van der Waals surface area contributed by atoms with Gasteiger partial charge in [-0.3, -0.25) is 9.59 Å². The number of likely N-dealkylation sites (N-methyl/N-ethyl adjacent to an activating group) is 1. The lowest BCUT2D eigenvalue weighted by atomic mass is 10.0. The molecule has 0 bridgehead atoms. The van der Waals surface area contributed by atoms with Crippen LogP contribution >= 0.6 is 0 Å². The molecule has 9 nitrogen and oxygen atoms in total. The van der Waals surface area contributed by atoms with E-state index in [4.69, 9.17) is 18.9 Å². The Morgan fingerprint density at radius 2 is 0.708 bits per heavy atom. The van der Waals surface area contributed by atoms with Crippen LogP contribution < -0.4 is 0 Å². The first-order valence-electron chi connectivity index (χ1n) is 31.4. The molecule has 0 rings (SSSR count). The van der Waals surface area contributed by atoms with Crippen LogP contribution in [0.3, 0.4) is 0 Å². The second-order valence-electron chi connectivity index (χ2n) is 22.7. The molecule has 0 saturated heterocycles. The summed E-state index contributed by atoms with van der Waals surface area (Å²) < 4.78 is 22.9. The van der Waals surface area contributed by atoms with Crippen molar-refractivity contribution in [2.75, 3.05) is 47.5 Å². The van der Waals surface area contributed by atoms with Crippen LogP contribution in [0.1, 0.15) is 316 Å². The molecule has 0 spiro atoms. The number of carbonyl (C=O) groups is 3. The summed E-state index contributed by atoms with van der Waals surface area (Å²) in [6, 6.07) is 0. The van der Waals surface area contributed by atoms with Gasteiger partial charge in [0.05, 0.1) is 34.4 Å². The third-order valence-corrected chi connectivity index (χ3v) is 14.3. The van der Waals surface area contributed by atoms with Crippen LogP contribution in [0, 0.1) is 0 Å². The highest BCUT2D eigenvalue weighted by molar-refractivity contribution is 5.71. The zero-order valence-corrected chi connectivity index (χ0v) is 48.6. The van der Waals surface area contributed by atoms with Gasteiger partial charge in [-0.1, -0.05) is 276 Å². The molecule has 72 heavy (non-hydrogen) atoms. The molecule has 0 aliphatic heterocycles. The van der Waals surface area contributed by atoms with Gasteiger partial charge < -0.3 is 28.5 Å². The summed E-state index contributed by atoms with van der Waals surface area (Å²) in [4.78, 5) is 37.4. The highest BCUT2D eigenvalue weighted by Crippen LogP contribution is 2.18. The molecular formula is C63H122NO8+. The molecule has 0 aliphatic carbocycles. The fourth-order valence-electron chi connectivity index (χ4n) is 9.42. The Labute approximate surface area is 446 Å². The highest BCUT2D eigenvalue weighted by Gasteiger charge is 2.25. The first-order chi connectivity index (χ1) is 35.1.